The van der Waals surface area contributed by atoms with Crippen molar-refractivity contribution in [1.82, 2.24) is 14.9 Å². The Bertz CT molecular complexity index is 451. The molecule has 19 heavy (non-hydrogen) atoms. The highest BCUT2D eigenvalue weighted by atomic mass is 35.5. The number of nitrogens with zero attached hydrogens (tertiary/aromatic N) is 3. The van der Waals surface area contributed by atoms with Gasteiger partial charge in [0.2, 0.25) is 0 Å². The molecule has 0 aromatic carbocycles. The molecule has 2 saturated heterocycles. The van der Waals surface area contributed by atoms with Gasteiger partial charge >= 0.3 is 0 Å². The maximum atomic E-state index is 6.15. The van der Waals surface area contributed by atoms with Crippen LogP contribution >= 0.6 is 11.6 Å². The average Bonchev–Trinajstić information content (AvgIpc) is 2.83. The normalized spacial score (nSPS) is 27.3. The molecule has 3 heterocycles. The maximum Gasteiger partial charge on any atom is 0.137 e. The van der Waals surface area contributed by atoms with Crippen molar-refractivity contribution in [3.8, 4) is 0 Å². The number of hydrogen-bond acceptors (Lipinski definition) is 4. The summed E-state index contributed by atoms with van der Waals surface area (Å²) in [7, 11) is 0. The van der Waals surface area contributed by atoms with E-state index in [0.717, 1.165) is 17.8 Å². The summed E-state index contributed by atoms with van der Waals surface area (Å²) in [4.78, 5) is 11.1. The van der Waals surface area contributed by atoms with Gasteiger partial charge in [-0.1, -0.05) is 24.9 Å². The summed E-state index contributed by atoms with van der Waals surface area (Å²) in [5.41, 5.74) is 1.04. The van der Waals surface area contributed by atoms with Crippen molar-refractivity contribution >= 4 is 17.4 Å². The molecule has 0 radical (unpaired) electrons. The van der Waals surface area contributed by atoms with Crippen LogP contribution in [0.25, 0.3) is 0 Å². The van der Waals surface area contributed by atoms with Crippen LogP contribution in [-0.2, 0) is 6.42 Å². The molecule has 0 bridgehead atoms. The highest BCUT2D eigenvalue weighted by Crippen LogP contribution is 2.30. The summed E-state index contributed by atoms with van der Waals surface area (Å²) in [6, 6.07) is 1.18. The second kappa shape index (κ2) is 5.63. The van der Waals surface area contributed by atoms with E-state index in [2.05, 4.69) is 27.1 Å². The van der Waals surface area contributed by atoms with E-state index >= 15 is 0 Å². The maximum absolute atomic E-state index is 6.15. The minimum Gasteiger partial charge on any atom is -0.365 e. The van der Waals surface area contributed by atoms with Crippen LogP contribution in [-0.4, -0.2) is 40.0 Å². The smallest absolute Gasteiger partial charge is 0.137 e. The van der Waals surface area contributed by atoms with Gasteiger partial charge in [-0.2, -0.15) is 0 Å². The molecule has 4 nitrogen and oxygen atoms in total. The number of aromatic nitrogens is 2. The first-order valence-corrected chi connectivity index (χ1v) is 7.67. The van der Waals surface area contributed by atoms with E-state index in [-0.39, 0.29) is 0 Å². The van der Waals surface area contributed by atoms with Crippen LogP contribution in [0.3, 0.4) is 0 Å². The Kier molecular flexibility index (Phi) is 3.89. The van der Waals surface area contributed by atoms with Crippen molar-refractivity contribution in [2.45, 2.75) is 51.1 Å². The van der Waals surface area contributed by atoms with Crippen LogP contribution < -0.4 is 5.32 Å². The lowest BCUT2D eigenvalue weighted by atomic mass is 9.99. The summed E-state index contributed by atoms with van der Waals surface area (Å²) < 4.78 is 0. The van der Waals surface area contributed by atoms with Gasteiger partial charge in [-0.3, -0.25) is 4.90 Å². The molecule has 1 aromatic heterocycles. The molecule has 0 saturated carbocycles. The molecule has 2 fully saturated rings. The van der Waals surface area contributed by atoms with E-state index in [0.29, 0.717) is 17.2 Å². The number of anilines is 1. The minimum absolute atomic E-state index is 0.511. The first-order valence-electron chi connectivity index (χ1n) is 7.29. The Hall–Kier alpha value is -0.870. The number of fused-ring (bicyclic) bond motifs is 1. The van der Waals surface area contributed by atoms with Crippen molar-refractivity contribution in [3.05, 3.63) is 17.0 Å². The molecule has 1 N–H and O–H groups in total. The quantitative estimate of drug-likeness (QED) is 0.865. The average molecular weight is 281 g/mol. The van der Waals surface area contributed by atoms with E-state index in [1.54, 1.807) is 6.33 Å². The Labute approximate surface area is 119 Å². The van der Waals surface area contributed by atoms with Crippen LogP contribution in [0.1, 0.15) is 38.2 Å². The highest BCUT2D eigenvalue weighted by molar-refractivity contribution is 6.30. The molecule has 2 aliphatic heterocycles. The van der Waals surface area contributed by atoms with Gasteiger partial charge in [0.05, 0.1) is 0 Å². The van der Waals surface area contributed by atoms with Gasteiger partial charge in [-0.25, -0.2) is 9.97 Å². The van der Waals surface area contributed by atoms with Crippen molar-refractivity contribution in [3.63, 3.8) is 0 Å². The van der Waals surface area contributed by atoms with Crippen LogP contribution in [0.15, 0.2) is 6.33 Å². The fourth-order valence-electron chi connectivity index (χ4n) is 3.42. The van der Waals surface area contributed by atoms with Crippen molar-refractivity contribution in [2.75, 3.05) is 18.4 Å². The molecular formula is C14H21ClN4. The lowest BCUT2D eigenvalue weighted by Gasteiger charge is -2.33. The molecule has 2 unspecified atom stereocenters. The molecule has 1 aromatic rings. The predicted molar refractivity (Wildman–Crippen MR) is 77.7 cm³/mol. The van der Waals surface area contributed by atoms with E-state index < -0.39 is 0 Å². The lowest BCUT2D eigenvalue weighted by molar-refractivity contribution is 0.192. The molecule has 104 valence electrons. The van der Waals surface area contributed by atoms with Crippen LogP contribution in [0.4, 0.5) is 5.82 Å². The molecule has 0 amide bonds. The van der Waals surface area contributed by atoms with E-state index in [1.807, 2.05) is 0 Å². The lowest BCUT2D eigenvalue weighted by Crippen LogP contribution is -2.42. The van der Waals surface area contributed by atoms with E-state index in [1.165, 1.54) is 38.8 Å². The third-order valence-electron chi connectivity index (χ3n) is 4.42. The number of halogens is 1. The molecule has 3 rings (SSSR count). The van der Waals surface area contributed by atoms with Crippen molar-refractivity contribution < 1.29 is 0 Å². The molecule has 0 spiro atoms. The Balaban J connectivity index is 1.76. The summed E-state index contributed by atoms with van der Waals surface area (Å²) in [6.07, 6.45) is 7.63. The van der Waals surface area contributed by atoms with Gasteiger partial charge in [0.15, 0.2) is 0 Å². The van der Waals surface area contributed by atoms with Crippen LogP contribution in [0.5, 0.6) is 0 Å². The largest absolute Gasteiger partial charge is 0.365 e. The van der Waals surface area contributed by atoms with Crippen molar-refractivity contribution in [1.29, 1.82) is 0 Å². The Morgan fingerprint density at radius 1 is 1.32 bits per heavy atom. The first-order chi connectivity index (χ1) is 9.29. The van der Waals surface area contributed by atoms with Gasteiger partial charge in [0.1, 0.15) is 17.3 Å². The summed E-state index contributed by atoms with van der Waals surface area (Å²) in [5.74, 6) is 0.930. The third-order valence-corrected chi connectivity index (χ3v) is 4.75. The number of hydrogen-bond donors (Lipinski definition) is 1. The zero-order chi connectivity index (χ0) is 13.2. The summed E-state index contributed by atoms with van der Waals surface area (Å²) >= 11 is 6.15. The monoisotopic (exact) mass is 280 g/mol. The third kappa shape index (κ3) is 2.56. The molecule has 2 atom stereocenters. The van der Waals surface area contributed by atoms with Gasteiger partial charge < -0.3 is 5.32 Å². The van der Waals surface area contributed by atoms with E-state index in [4.69, 9.17) is 11.6 Å². The summed E-state index contributed by atoms with van der Waals surface area (Å²) in [5, 5.41) is 4.21. The highest BCUT2D eigenvalue weighted by Gasteiger charge is 2.35. The van der Waals surface area contributed by atoms with Crippen LogP contribution in [0.2, 0.25) is 5.15 Å². The predicted octanol–water partition coefficient (Wildman–Crippen LogP) is 2.73. The van der Waals surface area contributed by atoms with Gasteiger partial charge in [-0.15, -0.1) is 0 Å². The summed E-state index contributed by atoms with van der Waals surface area (Å²) in [6.45, 7) is 4.56. The fourth-order valence-corrected chi connectivity index (χ4v) is 3.69. The van der Waals surface area contributed by atoms with Gasteiger partial charge in [0.25, 0.3) is 0 Å². The second-order valence-electron chi connectivity index (χ2n) is 5.48. The van der Waals surface area contributed by atoms with E-state index in [9.17, 15) is 0 Å². The number of nitrogens with one attached hydrogen (secondary N) is 1. The molecular weight excluding hydrogens is 260 g/mol. The molecule has 0 aliphatic carbocycles. The SMILES string of the molecule is CCc1c(Cl)ncnc1NC1CCN2CCCCC12. The standard InChI is InChI=1S/C14H21ClN4/c1-2-10-13(15)16-9-17-14(10)18-11-6-8-19-7-4-3-5-12(11)19/h9,11-12H,2-8H2,1H3,(H,16,17,18). The zero-order valence-corrected chi connectivity index (χ0v) is 12.2. The Morgan fingerprint density at radius 2 is 2.21 bits per heavy atom. The first kappa shape index (κ1) is 13.1. The van der Waals surface area contributed by atoms with Crippen LogP contribution in [0, 0.1) is 0 Å². The molecule has 2 aliphatic rings. The number of piperidine rings is 1. The fraction of sp³-hybridized carbons (Fsp3) is 0.714. The minimum atomic E-state index is 0.511. The van der Waals surface area contributed by atoms with Gasteiger partial charge in [-0.05, 0) is 32.2 Å². The Morgan fingerprint density at radius 3 is 3.05 bits per heavy atom. The second-order valence-corrected chi connectivity index (χ2v) is 5.84. The molecule has 5 heteroatoms. The topological polar surface area (TPSA) is 41.1 Å². The van der Waals surface area contributed by atoms with Crippen molar-refractivity contribution in [2.24, 2.45) is 0 Å². The zero-order valence-electron chi connectivity index (χ0n) is 11.4. The number of rotatable bonds is 3. The van der Waals surface area contributed by atoms with Gasteiger partial charge in [0, 0.05) is 24.2 Å².